The highest BCUT2D eigenvalue weighted by Crippen LogP contribution is 2.39. The fourth-order valence-electron chi connectivity index (χ4n) is 2.98. The van der Waals surface area contributed by atoms with Crippen molar-refractivity contribution in [1.82, 2.24) is 0 Å². The quantitative estimate of drug-likeness (QED) is 0.663. The first kappa shape index (κ1) is 17.7. The van der Waals surface area contributed by atoms with Crippen LogP contribution in [0, 0.1) is 15.5 Å². The lowest BCUT2D eigenvalue weighted by Gasteiger charge is -2.44. The second-order valence-corrected chi connectivity index (χ2v) is 8.86. The molecule has 0 spiro atoms. The molecule has 1 heterocycles. The van der Waals surface area contributed by atoms with E-state index in [1.54, 1.807) is 0 Å². The SMILES string of the molecule is CC1(C)CC[C@H](CO)N(c2ccc(S(C)(=O)=O)cc2[N+](=O)[O-])C1. The van der Waals surface area contributed by atoms with Crippen LogP contribution >= 0.6 is 0 Å². The van der Waals surface area contributed by atoms with Crippen molar-refractivity contribution in [2.75, 3.05) is 24.3 Å². The second-order valence-electron chi connectivity index (χ2n) is 6.85. The largest absolute Gasteiger partial charge is 0.394 e. The van der Waals surface area contributed by atoms with E-state index in [0.717, 1.165) is 25.2 Å². The van der Waals surface area contributed by atoms with Crippen molar-refractivity contribution in [2.45, 2.75) is 37.6 Å². The summed E-state index contributed by atoms with van der Waals surface area (Å²) in [4.78, 5) is 12.6. The summed E-state index contributed by atoms with van der Waals surface area (Å²) in [5, 5.41) is 21.0. The Morgan fingerprint density at radius 1 is 1.43 bits per heavy atom. The van der Waals surface area contributed by atoms with Crippen molar-refractivity contribution >= 4 is 21.2 Å². The maximum atomic E-state index is 11.6. The predicted molar refractivity (Wildman–Crippen MR) is 87.4 cm³/mol. The zero-order chi connectivity index (χ0) is 17.4. The van der Waals surface area contributed by atoms with Gasteiger partial charge in [0.2, 0.25) is 0 Å². The Kier molecular flexibility index (Phi) is 4.68. The molecule has 0 amide bonds. The Hall–Kier alpha value is -1.67. The summed E-state index contributed by atoms with van der Waals surface area (Å²) in [5.74, 6) is 0. The van der Waals surface area contributed by atoms with E-state index in [1.807, 2.05) is 4.90 Å². The zero-order valence-corrected chi connectivity index (χ0v) is 14.3. The second kappa shape index (κ2) is 6.09. The molecular weight excluding hydrogens is 320 g/mol. The van der Waals surface area contributed by atoms with Crippen molar-refractivity contribution in [1.29, 1.82) is 0 Å². The Morgan fingerprint density at radius 2 is 2.09 bits per heavy atom. The molecule has 0 radical (unpaired) electrons. The standard InChI is InChI=1S/C15H22N2O5S/c1-15(2)7-6-11(9-18)16(10-15)13-5-4-12(23(3,21)22)8-14(13)17(19)20/h4-5,8,11,18H,6-7,9-10H2,1-3H3/t11-/m1/s1. The van der Waals surface area contributed by atoms with Crippen LogP contribution in [0.5, 0.6) is 0 Å². The van der Waals surface area contributed by atoms with Gasteiger partial charge < -0.3 is 10.0 Å². The maximum Gasteiger partial charge on any atom is 0.293 e. The topological polar surface area (TPSA) is 101 Å². The summed E-state index contributed by atoms with van der Waals surface area (Å²) in [6.45, 7) is 4.62. The lowest BCUT2D eigenvalue weighted by molar-refractivity contribution is -0.384. The highest BCUT2D eigenvalue weighted by atomic mass is 32.2. The van der Waals surface area contributed by atoms with Gasteiger partial charge in [0.1, 0.15) is 5.69 Å². The summed E-state index contributed by atoms with van der Waals surface area (Å²) < 4.78 is 23.3. The summed E-state index contributed by atoms with van der Waals surface area (Å²) in [6, 6.07) is 3.75. The summed E-state index contributed by atoms with van der Waals surface area (Å²) in [6.07, 6.45) is 2.67. The highest BCUT2D eigenvalue weighted by Gasteiger charge is 2.35. The lowest BCUT2D eigenvalue weighted by atomic mass is 9.81. The number of benzene rings is 1. The molecule has 128 valence electrons. The summed E-state index contributed by atoms with van der Waals surface area (Å²) in [5.41, 5.74) is 0.0768. The minimum absolute atomic E-state index is 0.0327. The predicted octanol–water partition coefficient (Wildman–Crippen LogP) is 1.99. The van der Waals surface area contributed by atoms with Crippen LogP contribution in [0.3, 0.4) is 0 Å². The number of aliphatic hydroxyl groups excluding tert-OH is 1. The number of sulfone groups is 1. The van der Waals surface area contributed by atoms with Gasteiger partial charge in [0, 0.05) is 18.9 Å². The highest BCUT2D eigenvalue weighted by molar-refractivity contribution is 7.90. The first-order valence-corrected chi connectivity index (χ1v) is 9.30. The molecule has 1 atom stereocenters. The van der Waals surface area contributed by atoms with Gasteiger partial charge in [0.05, 0.1) is 22.5 Å². The van der Waals surface area contributed by atoms with Gasteiger partial charge in [-0.3, -0.25) is 10.1 Å². The van der Waals surface area contributed by atoms with Gasteiger partial charge in [-0.25, -0.2) is 8.42 Å². The number of piperidine rings is 1. The fraction of sp³-hybridized carbons (Fsp3) is 0.600. The Balaban J connectivity index is 2.54. The molecule has 8 heteroatoms. The smallest absolute Gasteiger partial charge is 0.293 e. The number of aliphatic hydroxyl groups is 1. The number of nitrogens with zero attached hydrogens (tertiary/aromatic N) is 2. The van der Waals surface area contributed by atoms with E-state index >= 15 is 0 Å². The van der Waals surface area contributed by atoms with Crippen LogP contribution in [0.4, 0.5) is 11.4 Å². The Labute approximate surface area is 136 Å². The maximum absolute atomic E-state index is 11.6. The van der Waals surface area contributed by atoms with E-state index < -0.39 is 14.8 Å². The van der Waals surface area contributed by atoms with Crippen LogP contribution in [0.1, 0.15) is 26.7 Å². The van der Waals surface area contributed by atoms with Gasteiger partial charge in [0.15, 0.2) is 9.84 Å². The van der Waals surface area contributed by atoms with Gasteiger partial charge in [-0.1, -0.05) is 13.8 Å². The van der Waals surface area contributed by atoms with Crippen LogP contribution in [0.25, 0.3) is 0 Å². The van der Waals surface area contributed by atoms with Gasteiger partial charge in [-0.05, 0) is 30.4 Å². The molecule has 2 rings (SSSR count). The van der Waals surface area contributed by atoms with Crippen molar-refractivity contribution < 1.29 is 18.4 Å². The molecule has 1 saturated heterocycles. The molecule has 0 saturated carbocycles. The van der Waals surface area contributed by atoms with Gasteiger partial charge in [-0.2, -0.15) is 0 Å². The normalized spacial score (nSPS) is 21.2. The van der Waals surface area contributed by atoms with E-state index in [9.17, 15) is 23.6 Å². The third-order valence-corrected chi connectivity index (χ3v) is 5.40. The molecule has 23 heavy (non-hydrogen) atoms. The average Bonchev–Trinajstić information content (AvgIpc) is 2.44. The number of hydrogen-bond donors (Lipinski definition) is 1. The van der Waals surface area contributed by atoms with Crippen LogP contribution < -0.4 is 4.90 Å². The van der Waals surface area contributed by atoms with E-state index in [1.165, 1.54) is 12.1 Å². The molecule has 0 aromatic heterocycles. The molecule has 1 aliphatic rings. The monoisotopic (exact) mass is 342 g/mol. The van der Waals surface area contributed by atoms with Crippen molar-refractivity contribution in [3.05, 3.63) is 28.3 Å². The van der Waals surface area contributed by atoms with Crippen molar-refractivity contribution in [2.24, 2.45) is 5.41 Å². The average molecular weight is 342 g/mol. The molecule has 1 aliphatic heterocycles. The van der Waals surface area contributed by atoms with Crippen LogP contribution in [-0.4, -0.2) is 43.9 Å². The third-order valence-electron chi connectivity index (χ3n) is 4.29. The third kappa shape index (κ3) is 3.81. The number of anilines is 1. The first-order chi connectivity index (χ1) is 10.5. The fourth-order valence-corrected chi connectivity index (χ4v) is 3.62. The van der Waals surface area contributed by atoms with E-state index in [-0.39, 0.29) is 28.6 Å². The molecule has 0 aliphatic carbocycles. The van der Waals surface area contributed by atoms with Gasteiger partial charge in [-0.15, -0.1) is 0 Å². The molecule has 1 fully saturated rings. The molecule has 0 bridgehead atoms. The van der Waals surface area contributed by atoms with E-state index in [0.29, 0.717) is 12.2 Å². The molecule has 1 aromatic rings. The first-order valence-electron chi connectivity index (χ1n) is 7.41. The Morgan fingerprint density at radius 3 is 2.61 bits per heavy atom. The minimum atomic E-state index is -3.52. The molecule has 1 N–H and O–H groups in total. The minimum Gasteiger partial charge on any atom is -0.394 e. The summed E-state index contributed by atoms with van der Waals surface area (Å²) in [7, 11) is -3.52. The molecule has 1 aromatic carbocycles. The number of nitro benzene ring substituents is 1. The number of nitro groups is 1. The molecule has 0 unspecified atom stereocenters. The van der Waals surface area contributed by atoms with Crippen LogP contribution in [0.15, 0.2) is 23.1 Å². The van der Waals surface area contributed by atoms with Gasteiger partial charge in [0.25, 0.3) is 5.69 Å². The van der Waals surface area contributed by atoms with Crippen LogP contribution in [-0.2, 0) is 9.84 Å². The van der Waals surface area contributed by atoms with Crippen molar-refractivity contribution in [3.8, 4) is 0 Å². The van der Waals surface area contributed by atoms with Gasteiger partial charge >= 0.3 is 0 Å². The zero-order valence-electron chi connectivity index (χ0n) is 13.5. The van der Waals surface area contributed by atoms with E-state index in [4.69, 9.17) is 0 Å². The Bertz CT molecular complexity index is 715. The lowest BCUT2D eigenvalue weighted by Crippen LogP contribution is -2.48. The number of hydrogen-bond acceptors (Lipinski definition) is 6. The molecular formula is C15H22N2O5S. The summed E-state index contributed by atoms with van der Waals surface area (Å²) >= 11 is 0. The van der Waals surface area contributed by atoms with E-state index in [2.05, 4.69) is 13.8 Å². The number of rotatable bonds is 4. The van der Waals surface area contributed by atoms with Crippen molar-refractivity contribution in [3.63, 3.8) is 0 Å². The molecule has 7 nitrogen and oxygen atoms in total. The van der Waals surface area contributed by atoms with Crippen LogP contribution in [0.2, 0.25) is 0 Å².